The number of carbonyl (C=O) groups is 1. The molecule has 0 spiro atoms. The van der Waals surface area contributed by atoms with E-state index in [-0.39, 0.29) is 12.0 Å². The molecule has 2 aliphatic carbocycles. The molecule has 2 aliphatic rings. The fourth-order valence-electron chi connectivity index (χ4n) is 4.47. The quantitative estimate of drug-likeness (QED) is 0.295. The summed E-state index contributed by atoms with van der Waals surface area (Å²) in [6, 6.07) is 9.67. The predicted molar refractivity (Wildman–Crippen MR) is 110 cm³/mol. The zero-order valence-corrected chi connectivity index (χ0v) is 17.8. The van der Waals surface area contributed by atoms with Crippen molar-refractivity contribution in [2.45, 2.75) is 50.7 Å². The van der Waals surface area contributed by atoms with Crippen LogP contribution in [0.15, 0.2) is 36.4 Å². The van der Waals surface area contributed by atoms with Gasteiger partial charge in [0.15, 0.2) is 7.38 Å². The molecule has 1 N–H and O–H groups in total. The van der Waals surface area contributed by atoms with Gasteiger partial charge in [0.2, 0.25) is 0 Å². The summed E-state index contributed by atoms with van der Waals surface area (Å²) in [5.74, 6) is 1.87. The van der Waals surface area contributed by atoms with Crippen LogP contribution in [-0.2, 0) is 4.74 Å². The second-order valence-electron chi connectivity index (χ2n) is 8.33. The van der Waals surface area contributed by atoms with Gasteiger partial charge in [0.25, 0.3) is 0 Å². The van der Waals surface area contributed by atoms with Gasteiger partial charge in [0.05, 0.1) is 0 Å². The van der Waals surface area contributed by atoms with E-state index in [0.717, 1.165) is 18.9 Å². The van der Waals surface area contributed by atoms with Gasteiger partial charge in [-0.25, -0.2) is 4.79 Å². The second kappa shape index (κ2) is 8.18. The lowest BCUT2D eigenvalue weighted by Gasteiger charge is -2.30. The Hall–Kier alpha value is -1.26. The van der Waals surface area contributed by atoms with Crippen LogP contribution in [0.3, 0.4) is 0 Å². The minimum Gasteiger partial charge on any atom is -0.449 e. The minimum absolute atomic E-state index is 0.259. The molecule has 142 valence electrons. The molecule has 4 unspecified atom stereocenters. The summed E-state index contributed by atoms with van der Waals surface area (Å²) in [7, 11) is -1.56. The highest BCUT2D eigenvalue weighted by Gasteiger charge is 2.43. The number of nitrogens with one attached hydrogen (secondary N) is 1. The molecule has 1 amide bonds. The van der Waals surface area contributed by atoms with E-state index in [9.17, 15) is 4.79 Å². The first-order valence-electron chi connectivity index (χ1n) is 9.72. The highest BCUT2D eigenvalue weighted by atomic mass is 35.6. The number of rotatable bonds is 6. The van der Waals surface area contributed by atoms with Crippen molar-refractivity contribution in [1.82, 2.24) is 5.32 Å². The van der Waals surface area contributed by atoms with E-state index in [1.807, 2.05) is 0 Å². The largest absolute Gasteiger partial charge is 0.449 e. The molecular formula is C21H30ClNO2Si. The number of amides is 1. The lowest BCUT2D eigenvalue weighted by atomic mass is 9.75. The first-order valence-corrected chi connectivity index (χ1v) is 13.9. The van der Waals surface area contributed by atoms with Crippen molar-refractivity contribution in [3.05, 3.63) is 47.5 Å². The summed E-state index contributed by atoms with van der Waals surface area (Å²) >= 11 is 6.31. The Balaban J connectivity index is 1.57. The number of benzene rings is 1. The van der Waals surface area contributed by atoms with Crippen LogP contribution in [0.2, 0.25) is 19.1 Å². The predicted octanol–water partition coefficient (Wildman–Crippen LogP) is 5.64. The highest BCUT2D eigenvalue weighted by Crippen LogP contribution is 2.53. The van der Waals surface area contributed by atoms with Gasteiger partial charge < -0.3 is 10.1 Å². The van der Waals surface area contributed by atoms with Crippen LogP contribution in [-0.4, -0.2) is 26.6 Å². The van der Waals surface area contributed by atoms with Gasteiger partial charge in [-0.2, -0.15) is 11.1 Å². The number of carbonyl (C=O) groups excluding carboxylic acids is 1. The van der Waals surface area contributed by atoms with E-state index in [1.54, 1.807) is 0 Å². The fraction of sp³-hybridized carbons (Fsp3) is 0.571. The Morgan fingerprint density at radius 2 is 2.04 bits per heavy atom. The monoisotopic (exact) mass is 391 g/mol. The third kappa shape index (κ3) is 4.52. The SMILES string of the molecule is CC1CC=CC2C(COC(=O)NCCC[Si](C)(C)Cl)c3ccccc3C12. The average molecular weight is 392 g/mol. The van der Waals surface area contributed by atoms with Crippen LogP contribution in [0.1, 0.15) is 42.7 Å². The maximum Gasteiger partial charge on any atom is 0.407 e. The smallest absolute Gasteiger partial charge is 0.407 e. The fourth-order valence-corrected chi connectivity index (χ4v) is 5.89. The minimum atomic E-state index is -1.56. The maximum absolute atomic E-state index is 12.1. The topological polar surface area (TPSA) is 38.3 Å². The summed E-state index contributed by atoms with van der Waals surface area (Å²) in [6.45, 7) is 7.65. The number of halogens is 1. The van der Waals surface area contributed by atoms with Crippen LogP contribution in [0.4, 0.5) is 4.79 Å². The number of fused-ring (bicyclic) bond motifs is 3. The summed E-state index contributed by atoms with van der Waals surface area (Å²) in [6.07, 6.45) is 6.36. The summed E-state index contributed by atoms with van der Waals surface area (Å²) in [4.78, 5) is 12.1. The number of alkyl carbamates (subject to hydrolysis) is 1. The molecule has 0 aliphatic heterocycles. The normalized spacial score (nSPS) is 26.9. The number of allylic oxidation sites excluding steroid dienone is 2. The van der Waals surface area contributed by atoms with Crippen LogP contribution in [0.25, 0.3) is 0 Å². The Morgan fingerprint density at radius 3 is 2.77 bits per heavy atom. The van der Waals surface area contributed by atoms with Crippen molar-refractivity contribution in [1.29, 1.82) is 0 Å². The summed E-state index contributed by atoms with van der Waals surface area (Å²) < 4.78 is 5.59. The lowest BCUT2D eigenvalue weighted by molar-refractivity contribution is 0.131. The zero-order valence-electron chi connectivity index (χ0n) is 16.0. The molecular weight excluding hydrogens is 362 g/mol. The molecule has 0 aromatic heterocycles. The molecule has 1 aromatic carbocycles. The number of ether oxygens (including phenoxy) is 1. The van der Waals surface area contributed by atoms with Gasteiger partial charge >= 0.3 is 6.09 Å². The Kier molecular flexibility index (Phi) is 6.13. The van der Waals surface area contributed by atoms with Gasteiger partial charge in [-0.05, 0) is 47.8 Å². The van der Waals surface area contributed by atoms with Gasteiger partial charge in [-0.1, -0.05) is 56.4 Å². The van der Waals surface area contributed by atoms with Crippen molar-refractivity contribution >= 4 is 24.6 Å². The van der Waals surface area contributed by atoms with E-state index in [0.29, 0.717) is 30.9 Å². The first kappa shape index (κ1) is 19.5. The van der Waals surface area contributed by atoms with Crippen LogP contribution >= 0.6 is 11.1 Å². The third-order valence-corrected chi connectivity index (χ3v) is 7.83. The molecule has 0 radical (unpaired) electrons. The van der Waals surface area contributed by atoms with E-state index in [4.69, 9.17) is 15.8 Å². The maximum atomic E-state index is 12.1. The summed E-state index contributed by atoms with van der Waals surface area (Å²) in [5, 5.41) is 2.87. The van der Waals surface area contributed by atoms with Crippen molar-refractivity contribution in [3.8, 4) is 0 Å². The first-order chi connectivity index (χ1) is 12.4. The Labute approximate surface area is 162 Å². The Bertz CT molecular complexity index is 670. The van der Waals surface area contributed by atoms with Gasteiger partial charge in [0, 0.05) is 12.5 Å². The molecule has 3 rings (SSSR count). The number of hydrogen-bond donors (Lipinski definition) is 1. The second-order valence-corrected chi connectivity index (χ2v) is 15.3. The molecule has 0 heterocycles. The molecule has 26 heavy (non-hydrogen) atoms. The average Bonchev–Trinajstić information content (AvgIpc) is 2.91. The van der Waals surface area contributed by atoms with Crippen molar-refractivity contribution in [2.24, 2.45) is 11.8 Å². The van der Waals surface area contributed by atoms with Gasteiger partial charge in [-0.3, -0.25) is 0 Å². The van der Waals surface area contributed by atoms with Crippen molar-refractivity contribution < 1.29 is 9.53 Å². The van der Waals surface area contributed by atoms with E-state index >= 15 is 0 Å². The summed E-state index contributed by atoms with van der Waals surface area (Å²) in [5.41, 5.74) is 2.79. The van der Waals surface area contributed by atoms with Crippen LogP contribution in [0, 0.1) is 11.8 Å². The Morgan fingerprint density at radius 1 is 1.31 bits per heavy atom. The highest BCUT2D eigenvalue weighted by molar-refractivity contribution is 7.19. The van der Waals surface area contributed by atoms with Gasteiger partial charge in [0.1, 0.15) is 6.61 Å². The third-order valence-electron chi connectivity index (χ3n) is 5.72. The van der Waals surface area contributed by atoms with Crippen molar-refractivity contribution in [3.63, 3.8) is 0 Å². The molecule has 1 aromatic rings. The van der Waals surface area contributed by atoms with E-state index in [1.165, 1.54) is 11.1 Å². The van der Waals surface area contributed by atoms with Crippen LogP contribution < -0.4 is 5.32 Å². The lowest BCUT2D eigenvalue weighted by Crippen LogP contribution is -2.29. The molecule has 0 saturated heterocycles. The molecule has 4 atom stereocenters. The molecule has 3 nitrogen and oxygen atoms in total. The molecule has 0 bridgehead atoms. The number of hydrogen-bond acceptors (Lipinski definition) is 2. The van der Waals surface area contributed by atoms with Crippen LogP contribution in [0.5, 0.6) is 0 Å². The van der Waals surface area contributed by atoms with Crippen molar-refractivity contribution in [2.75, 3.05) is 13.2 Å². The van der Waals surface area contributed by atoms with E-state index in [2.05, 4.69) is 61.8 Å². The molecule has 5 heteroatoms. The van der Waals surface area contributed by atoms with Gasteiger partial charge in [-0.15, -0.1) is 0 Å². The standard InChI is InChI=1S/C21H30ClNO2Si/c1-15-8-6-11-18-19(16-9-4-5-10-17(16)20(15)18)14-25-21(24)23-12-7-13-26(2,3)22/h4-6,9-11,15,18-20H,7-8,12-14H2,1-3H3,(H,23,24). The zero-order chi connectivity index (χ0) is 18.7. The molecule has 0 fully saturated rings. The molecule has 0 saturated carbocycles. The van der Waals surface area contributed by atoms with E-state index < -0.39 is 7.38 Å².